The van der Waals surface area contributed by atoms with E-state index < -0.39 is 10.8 Å². The number of rotatable bonds is 6. The van der Waals surface area contributed by atoms with Crippen molar-refractivity contribution in [2.45, 2.75) is 26.8 Å². The highest BCUT2D eigenvalue weighted by Crippen LogP contribution is 2.36. The number of nitrogens with one attached hydrogen (secondary N) is 1. The molecule has 0 radical (unpaired) electrons. The van der Waals surface area contributed by atoms with E-state index in [1.807, 2.05) is 0 Å². The zero-order chi connectivity index (χ0) is 22.8. The van der Waals surface area contributed by atoms with Gasteiger partial charge in [-0.25, -0.2) is 0 Å². The van der Waals surface area contributed by atoms with Gasteiger partial charge in [0, 0.05) is 22.9 Å². The molecule has 0 saturated heterocycles. The first-order valence-corrected chi connectivity index (χ1v) is 9.84. The largest absolute Gasteiger partial charge is 0.482 e. The summed E-state index contributed by atoms with van der Waals surface area (Å²) in [4.78, 5) is 37.4. The third-order valence-corrected chi connectivity index (χ3v) is 5.22. The molecular weight excluding hydrogens is 416 g/mol. The highest BCUT2D eigenvalue weighted by molar-refractivity contribution is 5.99. The minimum atomic E-state index is -0.517. The van der Waals surface area contributed by atoms with Crippen LogP contribution in [0.25, 0.3) is 0 Å². The Labute approximate surface area is 182 Å². The average molecular weight is 436 g/mol. The molecule has 2 aromatic carbocycles. The molecule has 1 aromatic heterocycles. The number of anilines is 2. The van der Waals surface area contributed by atoms with Crippen LogP contribution in [0.4, 0.5) is 17.1 Å². The quantitative estimate of drug-likeness (QED) is 0.464. The second-order valence-electron chi connectivity index (χ2n) is 7.36. The summed E-state index contributed by atoms with van der Waals surface area (Å²) in [6.07, 6.45) is -0.160. The molecule has 0 unspecified atom stereocenters. The lowest BCUT2D eigenvalue weighted by Crippen LogP contribution is -2.38. The fourth-order valence-electron chi connectivity index (χ4n) is 3.56. The van der Waals surface area contributed by atoms with Gasteiger partial charge in [0.2, 0.25) is 5.91 Å². The standard InChI is InChI=1S/C22H20N4O6/c1-13-17(14(2)32-24-13)11-25-19-10-16(7-8-20(19)31-12-22(25)28)23-21(27)9-15-5-3-4-6-18(15)26(29)30/h3-8,10H,9,11-12H2,1-2H3,(H,23,27). The summed E-state index contributed by atoms with van der Waals surface area (Å²) in [7, 11) is 0. The maximum absolute atomic E-state index is 12.6. The summed E-state index contributed by atoms with van der Waals surface area (Å²) in [6.45, 7) is 3.74. The van der Waals surface area contributed by atoms with Gasteiger partial charge in [0.25, 0.3) is 11.6 Å². The number of amides is 2. The smallest absolute Gasteiger partial charge is 0.273 e. The Hall–Kier alpha value is -4.21. The fourth-order valence-corrected chi connectivity index (χ4v) is 3.56. The highest BCUT2D eigenvalue weighted by Gasteiger charge is 2.28. The van der Waals surface area contributed by atoms with Crippen LogP contribution >= 0.6 is 0 Å². The Bertz CT molecular complexity index is 1200. The normalized spacial score (nSPS) is 12.8. The molecule has 0 bridgehead atoms. The maximum atomic E-state index is 12.6. The molecule has 1 N–H and O–H groups in total. The Kier molecular flexibility index (Phi) is 5.59. The van der Waals surface area contributed by atoms with Crippen LogP contribution in [0.3, 0.4) is 0 Å². The first kappa shape index (κ1) is 21.0. The Balaban J connectivity index is 1.56. The van der Waals surface area contributed by atoms with E-state index in [9.17, 15) is 19.7 Å². The van der Waals surface area contributed by atoms with Gasteiger partial charge in [0.05, 0.1) is 29.3 Å². The molecule has 10 nitrogen and oxygen atoms in total. The molecule has 0 saturated carbocycles. The number of ether oxygens (including phenoxy) is 1. The third kappa shape index (κ3) is 4.15. The predicted octanol–water partition coefficient (Wildman–Crippen LogP) is 3.31. The molecule has 0 aliphatic carbocycles. The minimum Gasteiger partial charge on any atom is -0.482 e. The topological polar surface area (TPSA) is 128 Å². The van der Waals surface area contributed by atoms with Crippen LogP contribution in [0.15, 0.2) is 47.0 Å². The van der Waals surface area contributed by atoms with Gasteiger partial charge in [0.1, 0.15) is 11.5 Å². The SMILES string of the molecule is Cc1noc(C)c1CN1C(=O)COc2ccc(NC(=O)Cc3ccccc3[N+](=O)[O-])cc21. The van der Waals surface area contributed by atoms with Crippen molar-refractivity contribution < 1.29 is 23.8 Å². The molecular formula is C22H20N4O6. The van der Waals surface area contributed by atoms with Gasteiger partial charge in [-0.1, -0.05) is 23.4 Å². The van der Waals surface area contributed by atoms with Crippen molar-refractivity contribution in [2.75, 3.05) is 16.8 Å². The summed E-state index contributed by atoms with van der Waals surface area (Å²) >= 11 is 0. The average Bonchev–Trinajstić information content (AvgIpc) is 3.08. The second kappa shape index (κ2) is 8.50. The highest BCUT2D eigenvalue weighted by atomic mass is 16.6. The Morgan fingerprint density at radius 2 is 2.03 bits per heavy atom. The van der Waals surface area contributed by atoms with Crippen LogP contribution in [0, 0.1) is 24.0 Å². The molecule has 2 amide bonds. The van der Waals surface area contributed by atoms with E-state index >= 15 is 0 Å². The molecule has 10 heteroatoms. The van der Waals surface area contributed by atoms with E-state index in [1.54, 1.807) is 55.1 Å². The van der Waals surface area contributed by atoms with Crippen molar-refractivity contribution in [2.24, 2.45) is 0 Å². The van der Waals surface area contributed by atoms with E-state index in [4.69, 9.17) is 9.26 Å². The van der Waals surface area contributed by atoms with Gasteiger partial charge in [-0.15, -0.1) is 0 Å². The maximum Gasteiger partial charge on any atom is 0.273 e. The number of carbonyl (C=O) groups excluding carboxylic acids is 2. The van der Waals surface area contributed by atoms with Crippen LogP contribution in [-0.2, 0) is 22.6 Å². The van der Waals surface area contributed by atoms with Crippen molar-refractivity contribution in [1.82, 2.24) is 5.16 Å². The van der Waals surface area contributed by atoms with Crippen molar-refractivity contribution >= 4 is 28.9 Å². The summed E-state index contributed by atoms with van der Waals surface area (Å²) in [5.74, 6) is 0.478. The summed E-state index contributed by atoms with van der Waals surface area (Å²) in [6, 6.07) is 11.1. The zero-order valence-corrected chi connectivity index (χ0v) is 17.5. The summed E-state index contributed by atoms with van der Waals surface area (Å²) in [5, 5.41) is 17.8. The van der Waals surface area contributed by atoms with Gasteiger partial charge in [-0.05, 0) is 32.0 Å². The summed E-state index contributed by atoms with van der Waals surface area (Å²) < 4.78 is 10.7. The van der Waals surface area contributed by atoms with Crippen molar-refractivity contribution in [3.8, 4) is 5.75 Å². The summed E-state index contributed by atoms with van der Waals surface area (Å²) in [5.41, 5.74) is 2.64. The van der Waals surface area contributed by atoms with Crippen LogP contribution < -0.4 is 15.0 Å². The molecule has 1 aliphatic heterocycles. The van der Waals surface area contributed by atoms with Crippen molar-refractivity contribution in [3.05, 3.63) is 75.2 Å². The number of nitro groups is 1. The van der Waals surface area contributed by atoms with E-state index in [0.717, 1.165) is 5.56 Å². The van der Waals surface area contributed by atoms with Crippen molar-refractivity contribution in [3.63, 3.8) is 0 Å². The van der Waals surface area contributed by atoms with Crippen molar-refractivity contribution in [1.29, 1.82) is 0 Å². The second-order valence-corrected chi connectivity index (χ2v) is 7.36. The molecule has 4 rings (SSSR count). The zero-order valence-electron chi connectivity index (χ0n) is 17.5. The van der Waals surface area contributed by atoms with Gasteiger partial charge in [0.15, 0.2) is 6.61 Å². The number of para-hydroxylation sites is 1. The number of fused-ring (bicyclic) bond motifs is 1. The molecule has 0 fully saturated rings. The lowest BCUT2D eigenvalue weighted by atomic mass is 10.1. The third-order valence-electron chi connectivity index (χ3n) is 5.22. The molecule has 164 valence electrons. The van der Waals surface area contributed by atoms with Crippen LogP contribution in [-0.4, -0.2) is 28.5 Å². The Morgan fingerprint density at radius 1 is 1.25 bits per heavy atom. The molecule has 32 heavy (non-hydrogen) atoms. The van der Waals surface area contributed by atoms with E-state index in [0.29, 0.717) is 34.1 Å². The number of aromatic nitrogens is 1. The number of hydrogen-bond acceptors (Lipinski definition) is 7. The van der Waals surface area contributed by atoms with Crippen LogP contribution in [0.2, 0.25) is 0 Å². The Morgan fingerprint density at radius 3 is 2.75 bits per heavy atom. The van der Waals surface area contributed by atoms with E-state index in [2.05, 4.69) is 10.5 Å². The minimum absolute atomic E-state index is 0.0975. The lowest BCUT2D eigenvalue weighted by Gasteiger charge is -2.29. The first-order valence-electron chi connectivity index (χ1n) is 9.84. The lowest BCUT2D eigenvalue weighted by molar-refractivity contribution is -0.385. The molecule has 0 spiro atoms. The molecule has 1 aliphatic rings. The molecule has 0 atom stereocenters. The number of nitro benzene ring substituents is 1. The van der Waals surface area contributed by atoms with Crippen LogP contribution in [0.1, 0.15) is 22.6 Å². The number of carbonyl (C=O) groups is 2. The number of aryl methyl sites for hydroxylation is 2. The van der Waals surface area contributed by atoms with E-state index in [1.165, 1.54) is 6.07 Å². The monoisotopic (exact) mass is 436 g/mol. The molecule has 3 aromatic rings. The fraction of sp³-hybridized carbons (Fsp3) is 0.227. The van der Waals surface area contributed by atoms with Gasteiger partial charge >= 0.3 is 0 Å². The number of hydrogen-bond donors (Lipinski definition) is 1. The van der Waals surface area contributed by atoms with E-state index in [-0.39, 0.29) is 31.2 Å². The predicted molar refractivity (Wildman–Crippen MR) is 115 cm³/mol. The number of benzene rings is 2. The molecule has 2 heterocycles. The first-order chi connectivity index (χ1) is 15.3. The number of nitrogens with zero attached hydrogens (tertiary/aromatic N) is 3. The van der Waals surface area contributed by atoms with Crippen LogP contribution in [0.5, 0.6) is 5.75 Å². The van der Waals surface area contributed by atoms with Gasteiger partial charge in [-0.2, -0.15) is 0 Å². The van der Waals surface area contributed by atoms with Gasteiger partial charge in [-0.3, -0.25) is 19.7 Å². The van der Waals surface area contributed by atoms with Gasteiger partial charge < -0.3 is 19.5 Å².